The van der Waals surface area contributed by atoms with Gasteiger partial charge in [-0.05, 0) is 37.0 Å². The van der Waals surface area contributed by atoms with E-state index in [2.05, 4.69) is 10.3 Å². The zero-order valence-electron chi connectivity index (χ0n) is 8.52. The van der Waals surface area contributed by atoms with Crippen molar-refractivity contribution in [1.29, 1.82) is 0 Å². The van der Waals surface area contributed by atoms with Crippen LogP contribution >= 0.6 is 0 Å². The molecule has 15 heavy (non-hydrogen) atoms. The molecule has 5 heteroatoms. The lowest BCUT2D eigenvalue weighted by Crippen LogP contribution is -2.30. The third-order valence-corrected chi connectivity index (χ3v) is 3.57. The van der Waals surface area contributed by atoms with Crippen LogP contribution in [0, 0.1) is 17.8 Å². The summed E-state index contributed by atoms with van der Waals surface area (Å²) in [4.78, 5) is 4.39. The summed E-state index contributed by atoms with van der Waals surface area (Å²) < 4.78 is 35.2. The van der Waals surface area contributed by atoms with E-state index in [1.165, 1.54) is 19.3 Å². The first-order valence-corrected chi connectivity index (χ1v) is 5.46. The molecule has 2 saturated carbocycles. The minimum absolute atomic E-state index is 0.525. The van der Waals surface area contributed by atoms with Crippen LogP contribution in [0.3, 0.4) is 0 Å². The largest absolute Gasteiger partial charge is 0.413 e. The monoisotopic (exact) mass is 223 g/mol. The number of nitrogens with one attached hydrogen (secondary N) is 1. The van der Waals surface area contributed by atoms with E-state index in [9.17, 15) is 13.2 Å². The molecule has 0 aliphatic heterocycles. The predicted molar refractivity (Wildman–Crippen MR) is 48.9 cm³/mol. The molecule has 0 saturated heterocycles. The van der Waals surface area contributed by atoms with E-state index in [1.54, 1.807) is 0 Å². The summed E-state index contributed by atoms with van der Waals surface area (Å²) in [6, 6.07) is 0. The maximum atomic E-state index is 11.7. The van der Waals surface area contributed by atoms with Gasteiger partial charge in [0.15, 0.2) is 6.61 Å². The van der Waals surface area contributed by atoms with E-state index in [-0.39, 0.29) is 0 Å². The number of hydroxylamine groups is 1. The second-order valence-corrected chi connectivity index (χ2v) is 4.69. The van der Waals surface area contributed by atoms with Crippen LogP contribution in [0.25, 0.3) is 0 Å². The van der Waals surface area contributed by atoms with Gasteiger partial charge >= 0.3 is 6.18 Å². The Morgan fingerprint density at radius 1 is 1.20 bits per heavy atom. The molecule has 88 valence electrons. The normalized spacial score (nSPS) is 35.0. The summed E-state index contributed by atoms with van der Waals surface area (Å²) in [5, 5.41) is 0. The van der Waals surface area contributed by atoms with Crippen LogP contribution in [-0.4, -0.2) is 19.3 Å². The van der Waals surface area contributed by atoms with Gasteiger partial charge in [0.25, 0.3) is 0 Å². The molecule has 1 N–H and O–H groups in total. The highest BCUT2D eigenvalue weighted by molar-refractivity contribution is 4.90. The van der Waals surface area contributed by atoms with Crippen LogP contribution in [0.5, 0.6) is 0 Å². The van der Waals surface area contributed by atoms with Crippen molar-refractivity contribution in [3.05, 3.63) is 0 Å². The van der Waals surface area contributed by atoms with E-state index < -0.39 is 12.8 Å². The van der Waals surface area contributed by atoms with Crippen LogP contribution in [0.2, 0.25) is 0 Å². The van der Waals surface area contributed by atoms with Gasteiger partial charge in [-0.1, -0.05) is 6.42 Å². The Morgan fingerprint density at radius 3 is 2.53 bits per heavy atom. The van der Waals surface area contributed by atoms with Crippen LogP contribution in [0.4, 0.5) is 13.2 Å². The highest BCUT2D eigenvalue weighted by Gasteiger charge is 2.39. The minimum Gasteiger partial charge on any atom is -0.292 e. The molecule has 0 spiro atoms. The quantitative estimate of drug-likeness (QED) is 0.584. The Labute approximate surface area is 87.1 Å². The zero-order chi connectivity index (χ0) is 10.9. The van der Waals surface area contributed by atoms with Gasteiger partial charge in [-0.3, -0.25) is 4.84 Å². The van der Waals surface area contributed by atoms with Gasteiger partial charge in [0.1, 0.15) is 0 Å². The molecule has 0 heterocycles. The predicted octanol–water partition coefficient (Wildman–Crippen LogP) is 2.51. The SMILES string of the molecule is FC(F)(F)CONCC1CC2CCC1C2. The molecule has 2 fully saturated rings. The summed E-state index contributed by atoms with van der Waals surface area (Å²) >= 11 is 0. The Hall–Kier alpha value is -0.290. The molecule has 2 rings (SSSR count). The van der Waals surface area contributed by atoms with E-state index in [0.29, 0.717) is 12.5 Å². The Morgan fingerprint density at radius 2 is 2.00 bits per heavy atom. The van der Waals surface area contributed by atoms with E-state index >= 15 is 0 Å². The van der Waals surface area contributed by atoms with Crippen molar-refractivity contribution in [2.24, 2.45) is 17.8 Å². The number of hydrogen-bond acceptors (Lipinski definition) is 2. The third kappa shape index (κ3) is 3.08. The molecule has 3 unspecified atom stereocenters. The van der Waals surface area contributed by atoms with Crippen molar-refractivity contribution < 1.29 is 18.0 Å². The number of halogens is 3. The Balaban J connectivity index is 1.59. The average Bonchev–Trinajstić information content (AvgIpc) is 2.71. The highest BCUT2D eigenvalue weighted by atomic mass is 19.4. The molecule has 0 radical (unpaired) electrons. The van der Waals surface area contributed by atoms with Gasteiger partial charge in [-0.25, -0.2) is 5.48 Å². The van der Waals surface area contributed by atoms with Crippen molar-refractivity contribution in [3.63, 3.8) is 0 Å². The van der Waals surface area contributed by atoms with Crippen molar-refractivity contribution in [2.45, 2.75) is 31.9 Å². The Kier molecular flexibility index (Phi) is 3.21. The maximum absolute atomic E-state index is 11.7. The van der Waals surface area contributed by atoms with Crippen LogP contribution in [0.1, 0.15) is 25.7 Å². The van der Waals surface area contributed by atoms with Crippen molar-refractivity contribution in [3.8, 4) is 0 Å². The molecule has 0 aromatic carbocycles. The van der Waals surface area contributed by atoms with Gasteiger partial charge < -0.3 is 0 Å². The summed E-state index contributed by atoms with van der Waals surface area (Å²) in [6.45, 7) is -0.634. The topological polar surface area (TPSA) is 21.3 Å². The lowest BCUT2D eigenvalue weighted by molar-refractivity contribution is -0.190. The molecule has 0 aromatic rings. The van der Waals surface area contributed by atoms with Crippen molar-refractivity contribution in [2.75, 3.05) is 13.2 Å². The lowest BCUT2D eigenvalue weighted by atomic mass is 9.89. The molecule has 2 aliphatic carbocycles. The van der Waals surface area contributed by atoms with Crippen molar-refractivity contribution in [1.82, 2.24) is 5.48 Å². The van der Waals surface area contributed by atoms with E-state index in [4.69, 9.17) is 0 Å². The zero-order valence-corrected chi connectivity index (χ0v) is 8.52. The maximum Gasteiger partial charge on any atom is 0.413 e. The van der Waals surface area contributed by atoms with Gasteiger partial charge in [-0.15, -0.1) is 0 Å². The summed E-state index contributed by atoms with van der Waals surface area (Å²) in [5.74, 6) is 2.07. The smallest absolute Gasteiger partial charge is 0.292 e. The van der Waals surface area contributed by atoms with Crippen molar-refractivity contribution >= 4 is 0 Å². The lowest BCUT2D eigenvalue weighted by Gasteiger charge is -2.21. The Bertz CT molecular complexity index is 219. The van der Waals surface area contributed by atoms with Gasteiger partial charge in [0.05, 0.1) is 0 Å². The van der Waals surface area contributed by atoms with Gasteiger partial charge in [0.2, 0.25) is 0 Å². The number of rotatable bonds is 4. The molecule has 0 aromatic heterocycles. The molecule has 0 amide bonds. The summed E-state index contributed by atoms with van der Waals surface area (Å²) in [7, 11) is 0. The second kappa shape index (κ2) is 4.29. The van der Waals surface area contributed by atoms with Crippen LogP contribution in [-0.2, 0) is 4.84 Å². The molecule has 2 bridgehead atoms. The fourth-order valence-corrected chi connectivity index (χ4v) is 2.93. The summed E-state index contributed by atoms with van der Waals surface area (Å²) in [5.41, 5.74) is 2.45. The number of alkyl halides is 3. The minimum atomic E-state index is -4.23. The molecule has 2 nitrogen and oxygen atoms in total. The van der Waals surface area contributed by atoms with Gasteiger partial charge in [0, 0.05) is 6.54 Å². The van der Waals surface area contributed by atoms with Crippen LogP contribution in [0.15, 0.2) is 0 Å². The first-order chi connectivity index (χ1) is 7.04. The highest BCUT2D eigenvalue weighted by Crippen LogP contribution is 2.47. The number of hydrogen-bond donors (Lipinski definition) is 1. The second-order valence-electron chi connectivity index (χ2n) is 4.69. The van der Waals surface area contributed by atoms with E-state index in [1.807, 2.05) is 0 Å². The average molecular weight is 223 g/mol. The molecule has 3 atom stereocenters. The molecular formula is C10H16F3NO. The first-order valence-electron chi connectivity index (χ1n) is 5.46. The van der Waals surface area contributed by atoms with Crippen LogP contribution < -0.4 is 5.48 Å². The molecule has 2 aliphatic rings. The molecular weight excluding hydrogens is 207 g/mol. The number of fused-ring (bicyclic) bond motifs is 2. The van der Waals surface area contributed by atoms with Gasteiger partial charge in [-0.2, -0.15) is 13.2 Å². The standard InChI is InChI=1S/C10H16F3NO/c11-10(12,13)6-15-14-5-9-4-7-1-2-8(9)3-7/h7-9,14H,1-6H2. The van der Waals surface area contributed by atoms with E-state index in [0.717, 1.165) is 18.3 Å². The fourth-order valence-electron chi connectivity index (χ4n) is 2.93. The first kappa shape index (κ1) is 11.2. The fraction of sp³-hybridized carbons (Fsp3) is 1.00. The summed E-state index contributed by atoms with van der Waals surface area (Å²) in [6.07, 6.45) is 0.751. The third-order valence-electron chi connectivity index (χ3n) is 3.57.